The van der Waals surface area contributed by atoms with Crippen LogP contribution in [0.25, 0.3) is 0 Å². The van der Waals surface area contributed by atoms with E-state index in [9.17, 15) is 5.26 Å². The van der Waals surface area contributed by atoms with Gasteiger partial charge in [0, 0.05) is 12.2 Å². The maximum absolute atomic E-state index is 9.24. The van der Waals surface area contributed by atoms with Crippen LogP contribution in [-0.2, 0) is 11.3 Å². The van der Waals surface area contributed by atoms with Crippen molar-refractivity contribution < 1.29 is 4.74 Å². The number of hydrogen-bond donors (Lipinski definition) is 0. The van der Waals surface area contributed by atoms with Gasteiger partial charge in [-0.3, -0.25) is 0 Å². The van der Waals surface area contributed by atoms with E-state index in [0.717, 1.165) is 23.5 Å². The highest BCUT2D eigenvalue weighted by Gasteiger charge is 2.29. The summed E-state index contributed by atoms with van der Waals surface area (Å²) in [6.45, 7) is 4.06. The molecule has 1 aliphatic heterocycles. The third-order valence-electron chi connectivity index (χ3n) is 4.50. The van der Waals surface area contributed by atoms with Crippen LogP contribution in [-0.4, -0.2) is 28.1 Å². The Hall–Kier alpha value is -3.17. The number of hydrogen-bond acceptors (Lipinski definition) is 5. The number of anilines is 1. The Morgan fingerprint density at radius 3 is 2.96 bits per heavy atom. The third kappa shape index (κ3) is 3.17. The molecule has 0 bridgehead atoms. The molecule has 2 heterocycles. The van der Waals surface area contributed by atoms with E-state index < -0.39 is 0 Å². The van der Waals surface area contributed by atoms with Gasteiger partial charge in [-0.2, -0.15) is 5.26 Å². The van der Waals surface area contributed by atoms with Gasteiger partial charge in [0.2, 0.25) is 0 Å². The smallest absolute Gasteiger partial charge is 0.177 e. The lowest BCUT2D eigenvalue weighted by atomic mass is 10.1. The molecule has 6 heteroatoms. The fraction of sp³-hybridized carbons (Fsp3) is 0.250. The van der Waals surface area contributed by atoms with Crippen LogP contribution in [0.5, 0.6) is 0 Å². The van der Waals surface area contributed by atoms with Crippen LogP contribution in [0.4, 0.5) is 5.69 Å². The lowest BCUT2D eigenvalue weighted by Crippen LogP contribution is -2.23. The molecule has 4 rings (SSSR count). The first kappa shape index (κ1) is 16.3. The van der Waals surface area contributed by atoms with Crippen molar-refractivity contribution in [1.82, 2.24) is 15.0 Å². The van der Waals surface area contributed by atoms with Crippen molar-refractivity contribution in [2.75, 3.05) is 18.1 Å². The summed E-state index contributed by atoms with van der Waals surface area (Å²) in [6.07, 6.45) is 1.66. The number of nitriles is 1. The van der Waals surface area contributed by atoms with E-state index in [4.69, 9.17) is 4.74 Å². The van der Waals surface area contributed by atoms with Gasteiger partial charge in [0.05, 0.1) is 31.0 Å². The van der Waals surface area contributed by atoms with E-state index in [0.29, 0.717) is 18.7 Å². The van der Waals surface area contributed by atoms with Crippen molar-refractivity contribution in [2.24, 2.45) is 0 Å². The second-order valence-electron chi connectivity index (χ2n) is 6.37. The zero-order chi connectivity index (χ0) is 17.9. The van der Waals surface area contributed by atoms with Crippen LogP contribution in [0.3, 0.4) is 0 Å². The van der Waals surface area contributed by atoms with Gasteiger partial charge < -0.3 is 9.64 Å². The molecule has 0 amide bonds. The average Bonchev–Trinajstić information content (AvgIpc) is 3.31. The SMILES string of the molecule is Cc1cccc(N2CCOC2c2cn(Cc3ccccc3C#N)nn2)c1. The van der Waals surface area contributed by atoms with E-state index in [1.54, 1.807) is 4.68 Å². The number of nitrogens with zero attached hydrogens (tertiary/aromatic N) is 5. The molecule has 0 N–H and O–H groups in total. The van der Waals surface area contributed by atoms with Crippen molar-refractivity contribution in [3.05, 3.63) is 77.1 Å². The van der Waals surface area contributed by atoms with Gasteiger partial charge in [-0.05, 0) is 36.2 Å². The van der Waals surface area contributed by atoms with E-state index >= 15 is 0 Å². The monoisotopic (exact) mass is 345 g/mol. The Labute approximate surface area is 152 Å². The molecule has 6 nitrogen and oxygen atoms in total. The largest absolute Gasteiger partial charge is 0.350 e. The zero-order valence-electron chi connectivity index (χ0n) is 14.5. The molecule has 1 aliphatic rings. The molecular formula is C20H19N5O. The number of ether oxygens (including phenoxy) is 1. The van der Waals surface area contributed by atoms with Crippen LogP contribution in [0.2, 0.25) is 0 Å². The average molecular weight is 345 g/mol. The molecule has 1 atom stereocenters. The van der Waals surface area contributed by atoms with Crippen molar-refractivity contribution >= 4 is 5.69 Å². The zero-order valence-corrected chi connectivity index (χ0v) is 14.5. The molecule has 1 saturated heterocycles. The summed E-state index contributed by atoms with van der Waals surface area (Å²) in [4.78, 5) is 2.20. The first-order valence-electron chi connectivity index (χ1n) is 8.57. The molecule has 0 spiro atoms. The van der Waals surface area contributed by atoms with Gasteiger partial charge in [0.25, 0.3) is 0 Å². The van der Waals surface area contributed by atoms with Crippen molar-refractivity contribution in [1.29, 1.82) is 5.26 Å². The van der Waals surface area contributed by atoms with Gasteiger partial charge in [0.15, 0.2) is 6.23 Å². The fourth-order valence-corrected chi connectivity index (χ4v) is 3.23. The summed E-state index contributed by atoms with van der Waals surface area (Å²) in [7, 11) is 0. The Morgan fingerprint density at radius 2 is 2.12 bits per heavy atom. The highest BCUT2D eigenvalue weighted by molar-refractivity contribution is 5.50. The number of rotatable bonds is 4. The summed E-state index contributed by atoms with van der Waals surface area (Å²) in [5, 5.41) is 17.8. The number of aryl methyl sites for hydroxylation is 1. The minimum atomic E-state index is -0.239. The molecule has 130 valence electrons. The summed E-state index contributed by atoms with van der Waals surface area (Å²) >= 11 is 0. The van der Waals surface area contributed by atoms with Gasteiger partial charge in [0.1, 0.15) is 5.69 Å². The molecule has 26 heavy (non-hydrogen) atoms. The van der Waals surface area contributed by atoms with E-state index in [1.807, 2.05) is 30.5 Å². The lowest BCUT2D eigenvalue weighted by molar-refractivity contribution is 0.110. The molecule has 1 unspecified atom stereocenters. The Balaban J connectivity index is 1.56. The van der Waals surface area contributed by atoms with Gasteiger partial charge in [-0.1, -0.05) is 35.5 Å². The fourth-order valence-electron chi connectivity index (χ4n) is 3.23. The molecule has 0 saturated carbocycles. The molecule has 3 aromatic rings. The van der Waals surface area contributed by atoms with E-state index in [2.05, 4.69) is 52.5 Å². The lowest BCUT2D eigenvalue weighted by Gasteiger charge is -2.23. The predicted molar refractivity (Wildman–Crippen MR) is 97.5 cm³/mol. The van der Waals surface area contributed by atoms with E-state index in [-0.39, 0.29) is 6.23 Å². The molecular weight excluding hydrogens is 326 g/mol. The maximum Gasteiger partial charge on any atom is 0.177 e. The second kappa shape index (κ2) is 6.98. The normalized spacial score (nSPS) is 16.6. The minimum Gasteiger partial charge on any atom is -0.350 e. The summed E-state index contributed by atoms with van der Waals surface area (Å²) < 4.78 is 7.66. The third-order valence-corrected chi connectivity index (χ3v) is 4.50. The Bertz CT molecular complexity index is 959. The predicted octanol–water partition coefficient (Wildman–Crippen LogP) is 3.04. The Morgan fingerprint density at radius 1 is 1.23 bits per heavy atom. The number of aromatic nitrogens is 3. The van der Waals surface area contributed by atoms with Crippen LogP contribution in [0.1, 0.15) is 28.6 Å². The van der Waals surface area contributed by atoms with Crippen molar-refractivity contribution in [3.63, 3.8) is 0 Å². The molecule has 2 aromatic carbocycles. The summed E-state index contributed by atoms with van der Waals surface area (Å²) in [5.74, 6) is 0. The highest BCUT2D eigenvalue weighted by Crippen LogP contribution is 2.31. The van der Waals surface area contributed by atoms with Crippen LogP contribution < -0.4 is 4.90 Å². The highest BCUT2D eigenvalue weighted by atomic mass is 16.5. The molecule has 1 aromatic heterocycles. The van der Waals surface area contributed by atoms with Gasteiger partial charge in [-0.25, -0.2) is 4.68 Å². The van der Waals surface area contributed by atoms with Crippen LogP contribution in [0, 0.1) is 18.3 Å². The first-order chi connectivity index (χ1) is 12.7. The molecule has 0 radical (unpaired) electrons. The minimum absolute atomic E-state index is 0.239. The summed E-state index contributed by atoms with van der Waals surface area (Å²) in [5.41, 5.74) is 4.69. The quantitative estimate of drug-likeness (QED) is 0.727. The van der Waals surface area contributed by atoms with Gasteiger partial charge in [-0.15, -0.1) is 5.10 Å². The Kier molecular flexibility index (Phi) is 4.38. The molecule has 0 aliphatic carbocycles. The topological polar surface area (TPSA) is 67.0 Å². The van der Waals surface area contributed by atoms with Crippen molar-refractivity contribution in [3.8, 4) is 6.07 Å². The van der Waals surface area contributed by atoms with Crippen molar-refractivity contribution in [2.45, 2.75) is 19.7 Å². The second-order valence-corrected chi connectivity index (χ2v) is 6.37. The van der Waals surface area contributed by atoms with Crippen LogP contribution >= 0.6 is 0 Å². The van der Waals surface area contributed by atoms with Gasteiger partial charge >= 0.3 is 0 Å². The van der Waals surface area contributed by atoms with Crippen LogP contribution in [0.15, 0.2) is 54.7 Å². The maximum atomic E-state index is 9.24. The summed E-state index contributed by atoms with van der Waals surface area (Å²) in [6, 6.07) is 18.1. The van der Waals surface area contributed by atoms with E-state index in [1.165, 1.54) is 5.56 Å². The molecule has 1 fully saturated rings. The standard InChI is InChI=1S/C20H19N5O/c1-15-5-4-8-18(11-15)25-9-10-26-20(25)19-14-24(23-22-19)13-17-7-3-2-6-16(17)12-21/h2-8,11,14,20H,9-10,13H2,1H3. The first-order valence-corrected chi connectivity index (χ1v) is 8.57. The number of benzene rings is 2.